The fourth-order valence-corrected chi connectivity index (χ4v) is 0. The summed E-state index contributed by atoms with van der Waals surface area (Å²) in [4.78, 5) is 0. The molecule has 0 fully saturated rings. The number of rotatable bonds is 0. The third-order valence-corrected chi connectivity index (χ3v) is 0. The molecular weight excluding hydrogens is 102 g/mol. The maximum atomic E-state index is 10.1. The highest BCUT2D eigenvalue weighted by atomic mass is 19.3. The summed E-state index contributed by atoms with van der Waals surface area (Å²) in [6, 6.07) is 0. The quantitative estimate of drug-likeness (QED) is 0.499. The van der Waals surface area contributed by atoms with Crippen molar-refractivity contribution in [2.24, 2.45) is 0 Å². The molecule has 0 unspecified atom stereocenters. The molecule has 0 bridgehead atoms. The zero-order chi connectivity index (χ0) is 6.28. The van der Waals surface area contributed by atoms with Crippen molar-refractivity contribution in [3.8, 4) is 0 Å². The summed E-state index contributed by atoms with van der Waals surface area (Å²) in [5.41, 5.74) is 0. The first-order valence-corrected chi connectivity index (χ1v) is 1.75. The first kappa shape index (κ1) is 9.75. The van der Waals surface area contributed by atoms with Gasteiger partial charge in [0.15, 0.2) is 0 Å². The van der Waals surface area contributed by atoms with Crippen LogP contribution in [-0.2, 0) is 0 Å². The maximum Gasteiger partial charge on any atom is 0.263 e. The monoisotopic (exact) mass is 110 g/mol. The Morgan fingerprint density at radius 2 is 1.71 bits per heavy atom. The van der Waals surface area contributed by atoms with E-state index in [0.29, 0.717) is 0 Å². The summed E-state index contributed by atoms with van der Waals surface area (Å²) < 4.78 is 20.3. The molecule has 0 aliphatic heterocycles. The molecule has 0 aromatic heterocycles. The summed E-state index contributed by atoms with van der Waals surface area (Å²) in [6.45, 7) is 4.15. The van der Waals surface area contributed by atoms with Crippen LogP contribution >= 0.6 is 0 Å². The van der Waals surface area contributed by atoms with Crippen molar-refractivity contribution in [1.82, 2.24) is 0 Å². The molecule has 0 atom stereocenters. The molecule has 0 radical (unpaired) electrons. The second-order valence-corrected chi connectivity index (χ2v) is 0.655. The topological polar surface area (TPSA) is 20.2 Å². The Morgan fingerprint density at radius 1 is 1.71 bits per heavy atom. The molecule has 0 aromatic rings. The predicted octanol–water partition coefficient (Wildman–Crippen LogP) is 1.40. The van der Waals surface area contributed by atoms with Crippen molar-refractivity contribution >= 4 is 0 Å². The van der Waals surface area contributed by atoms with E-state index in [4.69, 9.17) is 5.11 Å². The Balaban J connectivity index is 0. The van der Waals surface area contributed by atoms with E-state index in [-0.39, 0.29) is 6.61 Å². The highest BCUT2D eigenvalue weighted by Crippen LogP contribution is 1.85. The van der Waals surface area contributed by atoms with Gasteiger partial charge in [0.25, 0.3) is 6.08 Å². The van der Waals surface area contributed by atoms with Gasteiger partial charge in [-0.15, -0.1) is 0 Å². The predicted molar refractivity (Wildman–Crippen MR) is 24.1 cm³/mol. The summed E-state index contributed by atoms with van der Waals surface area (Å²) in [5.74, 6) is 0. The van der Waals surface area contributed by atoms with Crippen LogP contribution in [0.3, 0.4) is 0 Å². The zero-order valence-corrected chi connectivity index (χ0v) is 4.12. The lowest BCUT2D eigenvalue weighted by atomic mass is 10.9. The molecule has 0 rings (SSSR count). The van der Waals surface area contributed by atoms with Crippen molar-refractivity contribution < 1.29 is 13.9 Å². The average Bonchev–Trinajstić information content (AvgIpc) is 1.33. The minimum Gasteiger partial charge on any atom is -0.397 e. The van der Waals surface area contributed by atoms with Crippen molar-refractivity contribution in [2.45, 2.75) is 6.92 Å². The lowest BCUT2D eigenvalue weighted by Crippen LogP contribution is -1.57. The van der Waals surface area contributed by atoms with Gasteiger partial charge in [-0.05, 0) is 13.5 Å². The highest BCUT2D eigenvalue weighted by molar-refractivity contribution is 4.57. The van der Waals surface area contributed by atoms with Gasteiger partial charge in [-0.2, -0.15) is 8.78 Å². The van der Waals surface area contributed by atoms with Crippen LogP contribution in [0.2, 0.25) is 0 Å². The van der Waals surface area contributed by atoms with Crippen LogP contribution < -0.4 is 0 Å². The lowest BCUT2D eigenvalue weighted by Gasteiger charge is -1.54. The summed E-state index contributed by atoms with van der Waals surface area (Å²) in [7, 11) is 0. The molecule has 0 aromatic carbocycles. The smallest absolute Gasteiger partial charge is 0.263 e. The van der Waals surface area contributed by atoms with Crippen LogP contribution in [0.15, 0.2) is 12.7 Å². The molecule has 0 saturated heterocycles. The first-order valence-electron chi connectivity index (χ1n) is 1.75. The van der Waals surface area contributed by atoms with Gasteiger partial charge in [0, 0.05) is 6.61 Å². The number of aliphatic hydroxyl groups is 1. The summed E-state index contributed by atoms with van der Waals surface area (Å²) in [5, 5.41) is 7.57. The molecule has 0 saturated carbocycles. The second-order valence-electron chi connectivity index (χ2n) is 0.655. The number of hydrogen-bond donors (Lipinski definition) is 1. The molecule has 7 heavy (non-hydrogen) atoms. The van der Waals surface area contributed by atoms with E-state index in [2.05, 4.69) is 6.58 Å². The largest absolute Gasteiger partial charge is 0.397 e. The molecule has 0 amide bonds. The SMILES string of the molecule is C=C(F)F.CCO. The molecular formula is C4H8F2O. The zero-order valence-electron chi connectivity index (χ0n) is 4.12. The maximum absolute atomic E-state index is 10.1. The molecule has 44 valence electrons. The van der Waals surface area contributed by atoms with E-state index in [1.165, 1.54) is 0 Å². The van der Waals surface area contributed by atoms with Crippen LogP contribution in [0.25, 0.3) is 0 Å². The van der Waals surface area contributed by atoms with Crippen LogP contribution in [0.1, 0.15) is 6.92 Å². The molecule has 3 heteroatoms. The van der Waals surface area contributed by atoms with Gasteiger partial charge in [0.1, 0.15) is 0 Å². The second kappa shape index (κ2) is 9.12. The third-order valence-electron chi connectivity index (χ3n) is 0. The summed E-state index contributed by atoms with van der Waals surface area (Å²) >= 11 is 0. The van der Waals surface area contributed by atoms with Gasteiger partial charge in [-0.3, -0.25) is 0 Å². The first-order chi connectivity index (χ1) is 3.15. The summed E-state index contributed by atoms with van der Waals surface area (Å²) in [6.07, 6.45) is -1.83. The molecule has 1 nitrogen and oxygen atoms in total. The van der Waals surface area contributed by atoms with E-state index in [1.807, 2.05) is 0 Å². The van der Waals surface area contributed by atoms with Crippen molar-refractivity contribution in [2.75, 3.05) is 6.61 Å². The Labute approximate surface area is 41.3 Å². The normalized spacial score (nSPS) is 6.29. The Hall–Kier alpha value is -0.440. The van der Waals surface area contributed by atoms with Crippen molar-refractivity contribution in [1.29, 1.82) is 0 Å². The van der Waals surface area contributed by atoms with Gasteiger partial charge in [-0.1, -0.05) is 0 Å². The minimum absolute atomic E-state index is 0.250. The number of halogens is 2. The van der Waals surface area contributed by atoms with Gasteiger partial charge >= 0.3 is 0 Å². The van der Waals surface area contributed by atoms with E-state index in [9.17, 15) is 8.78 Å². The molecule has 0 spiro atoms. The van der Waals surface area contributed by atoms with E-state index in [1.54, 1.807) is 6.92 Å². The van der Waals surface area contributed by atoms with Crippen molar-refractivity contribution in [3.63, 3.8) is 0 Å². The fraction of sp³-hybridized carbons (Fsp3) is 0.500. The van der Waals surface area contributed by atoms with Crippen LogP contribution in [-0.4, -0.2) is 11.7 Å². The lowest BCUT2D eigenvalue weighted by molar-refractivity contribution is 0.318. The average molecular weight is 110 g/mol. The van der Waals surface area contributed by atoms with Crippen LogP contribution in [0.5, 0.6) is 0 Å². The standard InChI is InChI=1S/C2H2F2.C2H6O/c1-2(3)4;1-2-3/h1H2;3H,2H2,1H3. The molecule has 0 aliphatic carbocycles. The van der Waals surface area contributed by atoms with Gasteiger partial charge < -0.3 is 5.11 Å². The van der Waals surface area contributed by atoms with E-state index < -0.39 is 6.08 Å². The van der Waals surface area contributed by atoms with Gasteiger partial charge in [0.2, 0.25) is 0 Å². The Morgan fingerprint density at radius 3 is 1.71 bits per heavy atom. The third kappa shape index (κ3) is 364. The van der Waals surface area contributed by atoms with Crippen LogP contribution in [0, 0.1) is 0 Å². The van der Waals surface area contributed by atoms with Gasteiger partial charge in [-0.25, -0.2) is 0 Å². The van der Waals surface area contributed by atoms with Crippen molar-refractivity contribution in [3.05, 3.63) is 12.7 Å². The fourth-order valence-electron chi connectivity index (χ4n) is 0. The highest BCUT2D eigenvalue weighted by Gasteiger charge is 1.65. The van der Waals surface area contributed by atoms with Gasteiger partial charge in [0.05, 0.1) is 0 Å². The Bertz CT molecular complexity index is 41.0. The molecule has 0 heterocycles. The minimum atomic E-state index is -1.83. The molecule has 1 N–H and O–H groups in total. The Kier molecular flexibility index (Phi) is 12.7. The van der Waals surface area contributed by atoms with E-state index in [0.717, 1.165) is 0 Å². The van der Waals surface area contributed by atoms with E-state index >= 15 is 0 Å². The van der Waals surface area contributed by atoms with Crippen LogP contribution in [0.4, 0.5) is 8.78 Å². The number of hydrogen-bond acceptors (Lipinski definition) is 1. The number of aliphatic hydroxyl groups excluding tert-OH is 1. The molecule has 0 aliphatic rings.